The van der Waals surface area contributed by atoms with Crippen molar-refractivity contribution in [2.24, 2.45) is 17.2 Å². The van der Waals surface area contributed by atoms with Gasteiger partial charge >= 0.3 is 17.9 Å². The Bertz CT molecular complexity index is 1040. The van der Waals surface area contributed by atoms with Crippen molar-refractivity contribution in [3.05, 3.63) is 89.5 Å². The van der Waals surface area contributed by atoms with Gasteiger partial charge in [-0.05, 0) is 72.4 Å². The van der Waals surface area contributed by atoms with Crippen molar-refractivity contribution < 1.29 is 62.1 Å². The maximum atomic E-state index is 10.4. The zero-order valence-electron chi connectivity index (χ0n) is 21.3. The van der Waals surface area contributed by atoms with E-state index >= 15 is 0 Å². The number of rotatable bonds is 9. The maximum absolute atomic E-state index is 10.4. The summed E-state index contributed by atoms with van der Waals surface area (Å²) in [5.74, 6) is -2.58. The van der Waals surface area contributed by atoms with Crippen LogP contribution in [0.25, 0.3) is 0 Å². The van der Waals surface area contributed by atoms with Crippen molar-refractivity contribution >= 4 is 17.9 Å². The molecule has 0 unspecified atom stereocenters. The number of benzene rings is 3. The first-order valence-corrected chi connectivity index (χ1v) is 11.6. The van der Waals surface area contributed by atoms with E-state index in [1.54, 1.807) is 36.4 Å². The zero-order chi connectivity index (χ0) is 29.5. The SMILES string of the molecule is N[C@@H](Cc1ccc(O)cc1)C(=O)O.N[C@@H](Cc1ccc(O)cc1)C(=O)O.N[C@@H](Cc1ccc(O)cc1)C(=O)O.[Fe]. The molecule has 12 nitrogen and oxygen atoms in total. The summed E-state index contributed by atoms with van der Waals surface area (Å²) in [5.41, 5.74) is 18.4. The molecule has 12 N–H and O–H groups in total. The standard InChI is InChI=1S/3C9H11NO3.Fe/c3*10-8(9(12)13)5-6-1-3-7(11)4-2-6;/h3*1-4,8,11H,5,10H2,(H,12,13);/t3*8-;/m000./s1. The summed E-state index contributed by atoms with van der Waals surface area (Å²) in [6.07, 6.45) is 0.820. The molecular weight excluding hydrogens is 566 g/mol. The van der Waals surface area contributed by atoms with Crippen molar-refractivity contribution in [3.8, 4) is 17.2 Å². The molecule has 0 aliphatic carbocycles. The molecule has 0 fully saturated rings. The topological polar surface area (TPSA) is 251 Å². The van der Waals surface area contributed by atoms with E-state index in [1.165, 1.54) is 36.4 Å². The summed E-state index contributed by atoms with van der Waals surface area (Å²) < 4.78 is 0. The van der Waals surface area contributed by atoms with Gasteiger partial charge in [0.05, 0.1) is 0 Å². The van der Waals surface area contributed by atoms with E-state index in [9.17, 15) is 14.4 Å². The van der Waals surface area contributed by atoms with Crippen LogP contribution in [0.1, 0.15) is 16.7 Å². The molecule has 0 aliphatic heterocycles. The van der Waals surface area contributed by atoms with E-state index in [0.29, 0.717) is 0 Å². The van der Waals surface area contributed by atoms with Crippen molar-refractivity contribution in [1.82, 2.24) is 0 Å². The van der Waals surface area contributed by atoms with Crippen LogP contribution < -0.4 is 17.2 Å². The quantitative estimate of drug-likeness (QED) is 0.157. The van der Waals surface area contributed by atoms with Crippen molar-refractivity contribution in [1.29, 1.82) is 0 Å². The Morgan fingerprint density at radius 3 is 0.800 bits per heavy atom. The molecule has 40 heavy (non-hydrogen) atoms. The molecule has 0 aromatic heterocycles. The van der Waals surface area contributed by atoms with Crippen LogP contribution >= 0.6 is 0 Å². The molecule has 13 heteroatoms. The molecular formula is C27H33FeN3O9. The van der Waals surface area contributed by atoms with Gasteiger partial charge in [-0.25, -0.2) is 0 Å². The summed E-state index contributed by atoms with van der Waals surface area (Å²) in [6.45, 7) is 0. The van der Waals surface area contributed by atoms with Crippen LogP contribution in [0.4, 0.5) is 0 Å². The smallest absolute Gasteiger partial charge is 0.320 e. The van der Waals surface area contributed by atoms with Crippen LogP contribution in [0, 0.1) is 0 Å². The number of aliphatic carboxylic acids is 3. The van der Waals surface area contributed by atoms with E-state index in [-0.39, 0.29) is 53.6 Å². The predicted molar refractivity (Wildman–Crippen MR) is 142 cm³/mol. The zero-order valence-corrected chi connectivity index (χ0v) is 22.4. The number of carboxylic acids is 3. The Labute approximate surface area is 241 Å². The Hall–Kier alpha value is -4.13. The van der Waals surface area contributed by atoms with Crippen molar-refractivity contribution in [2.45, 2.75) is 37.4 Å². The molecule has 218 valence electrons. The van der Waals surface area contributed by atoms with Gasteiger partial charge in [-0.15, -0.1) is 0 Å². The fourth-order valence-corrected chi connectivity index (χ4v) is 2.92. The van der Waals surface area contributed by atoms with Gasteiger partial charge in [-0.2, -0.15) is 0 Å². The van der Waals surface area contributed by atoms with Crippen LogP contribution in [0.2, 0.25) is 0 Å². The largest absolute Gasteiger partial charge is 0.508 e. The molecule has 3 aromatic carbocycles. The summed E-state index contributed by atoms with van der Waals surface area (Å²) in [6, 6.07) is 16.3. The van der Waals surface area contributed by atoms with Gasteiger partial charge in [0.15, 0.2) is 0 Å². The number of hydrogen-bond acceptors (Lipinski definition) is 9. The van der Waals surface area contributed by atoms with Gasteiger partial charge in [-0.1, -0.05) is 36.4 Å². The Morgan fingerprint density at radius 1 is 0.475 bits per heavy atom. The van der Waals surface area contributed by atoms with E-state index < -0.39 is 36.0 Å². The molecule has 0 aliphatic rings. The minimum atomic E-state index is -1.02. The van der Waals surface area contributed by atoms with Gasteiger partial charge in [0.2, 0.25) is 0 Å². The van der Waals surface area contributed by atoms with Crippen LogP contribution in [0.5, 0.6) is 17.2 Å². The van der Waals surface area contributed by atoms with E-state index in [2.05, 4.69) is 0 Å². The third-order valence-corrected chi connectivity index (χ3v) is 5.13. The Kier molecular flexibility index (Phi) is 16.3. The second-order valence-corrected chi connectivity index (χ2v) is 8.45. The molecule has 0 bridgehead atoms. The first-order valence-electron chi connectivity index (χ1n) is 11.6. The normalized spacial score (nSPS) is 12.1. The van der Waals surface area contributed by atoms with Gasteiger partial charge in [0.25, 0.3) is 0 Å². The molecule has 0 amide bonds. The molecule has 0 heterocycles. The molecule has 0 saturated heterocycles. The number of phenolic OH excluding ortho intramolecular Hbond substituents is 3. The number of nitrogens with two attached hydrogens (primary N) is 3. The number of hydrogen-bond donors (Lipinski definition) is 9. The predicted octanol–water partition coefficient (Wildman–Crippen LogP) is 1.04. The van der Waals surface area contributed by atoms with Crippen LogP contribution in [0.3, 0.4) is 0 Å². The Morgan fingerprint density at radius 2 is 0.650 bits per heavy atom. The molecule has 0 spiro atoms. The second-order valence-electron chi connectivity index (χ2n) is 8.45. The average molecular weight is 599 g/mol. The minimum absolute atomic E-state index is 0. The minimum Gasteiger partial charge on any atom is -0.508 e. The summed E-state index contributed by atoms with van der Waals surface area (Å²) in [7, 11) is 0. The first-order chi connectivity index (χ1) is 18.3. The summed E-state index contributed by atoms with van der Waals surface area (Å²) >= 11 is 0. The van der Waals surface area contributed by atoms with Crippen molar-refractivity contribution in [3.63, 3.8) is 0 Å². The number of carbonyl (C=O) groups is 3. The second kappa shape index (κ2) is 18.2. The third-order valence-electron chi connectivity index (χ3n) is 5.13. The summed E-state index contributed by atoms with van der Waals surface area (Å²) in [4.78, 5) is 31.2. The van der Waals surface area contributed by atoms with Gasteiger partial charge in [0, 0.05) is 17.1 Å². The van der Waals surface area contributed by atoms with Gasteiger partial charge in [0.1, 0.15) is 35.4 Å². The number of carboxylic acid groups (broad SMARTS) is 3. The molecule has 3 atom stereocenters. The Balaban J connectivity index is 0.000000563. The van der Waals surface area contributed by atoms with Crippen LogP contribution in [-0.2, 0) is 50.7 Å². The third kappa shape index (κ3) is 14.7. The van der Waals surface area contributed by atoms with Crippen molar-refractivity contribution in [2.75, 3.05) is 0 Å². The van der Waals surface area contributed by atoms with Gasteiger partial charge < -0.3 is 47.8 Å². The monoisotopic (exact) mass is 599 g/mol. The first kappa shape index (κ1) is 35.9. The number of aromatic hydroxyl groups is 3. The fraction of sp³-hybridized carbons (Fsp3) is 0.222. The molecule has 0 radical (unpaired) electrons. The van der Waals surface area contributed by atoms with E-state index in [1.807, 2.05) is 0 Å². The summed E-state index contributed by atoms with van der Waals surface area (Å²) in [5, 5.41) is 52.4. The van der Waals surface area contributed by atoms with Gasteiger partial charge in [-0.3, -0.25) is 14.4 Å². The maximum Gasteiger partial charge on any atom is 0.320 e. The number of phenols is 3. The fourth-order valence-electron chi connectivity index (χ4n) is 2.92. The van der Waals surface area contributed by atoms with E-state index in [0.717, 1.165) is 16.7 Å². The molecule has 3 rings (SSSR count). The average Bonchev–Trinajstić information content (AvgIpc) is 2.88. The molecule has 3 aromatic rings. The van der Waals surface area contributed by atoms with Crippen LogP contribution in [-0.4, -0.2) is 66.7 Å². The van der Waals surface area contributed by atoms with Crippen LogP contribution in [0.15, 0.2) is 72.8 Å². The molecule has 0 saturated carbocycles. The van der Waals surface area contributed by atoms with E-state index in [4.69, 9.17) is 47.8 Å².